The number of methoxy groups -OCH3 is 1. The van der Waals surface area contributed by atoms with Crippen LogP contribution in [-0.2, 0) is 0 Å². The standard InChI is InChI=1S/C14H10FNO4/c1-20-13-7-4-10(8-12(13)16(18)19)14(17)9-2-5-11(15)6-3-9/h2-8H,1H3. The van der Waals surface area contributed by atoms with Crippen LogP contribution in [0.25, 0.3) is 0 Å². The quantitative estimate of drug-likeness (QED) is 0.488. The maximum atomic E-state index is 12.8. The highest BCUT2D eigenvalue weighted by Gasteiger charge is 2.18. The van der Waals surface area contributed by atoms with Crippen LogP contribution in [0.15, 0.2) is 42.5 Å². The molecule has 0 saturated carbocycles. The van der Waals surface area contributed by atoms with E-state index in [9.17, 15) is 19.3 Å². The van der Waals surface area contributed by atoms with Crippen LogP contribution in [0.1, 0.15) is 15.9 Å². The summed E-state index contributed by atoms with van der Waals surface area (Å²) in [5.41, 5.74) is 0.107. The van der Waals surface area contributed by atoms with E-state index in [1.807, 2.05) is 0 Å². The lowest BCUT2D eigenvalue weighted by molar-refractivity contribution is -0.385. The summed E-state index contributed by atoms with van der Waals surface area (Å²) in [6, 6.07) is 8.90. The SMILES string of the molecule is COc1ccc(C(=O)c2ccc(F)cc2)cc1[N+](=O)[O-]. The van der Waals surface area contributed by atoms with Crippen molar-refractivity contribution < 1.29 is 18.8 Å². The minimum atomic E-state index is -0.625. The third-order valence-corrected chi connectivity index (χ3v) is 2.74. The van der Waals surface area contributed by atoms with E-state index < -0.39 is 16.5 Å². The number of ketones is 1. The number of rotatable bonds is 4. The minimum absolute atomic E-state index is 0.0747. The van der Waals surface area contributed by atoms with E-state index >= 15 is 0 Å². The number of carbonyl (C=O) groups excluding carboxylic acids is 1. The fourth-order valence-corrected chi connectivity index (χ4v) is 1.74. The molecule has 0 amide bonds. The second kappa shape index (κ2) is 5.48. The fraction of sp³-hybridized carbons (Fsp3) is 0.0714. The van der Waals surface area contributed by atoms with E-state index in [4.69, 9.17) is 4.74 Å². The predicted molar refractivity (Wildman–Crippen MR) is 69.5 cm³/mol. The maximum absolute atomic E-state index is 12.8. The van der Waals surface area contributed by atoms with Gasteiger partial charge < -0.3 is 4.74 Å². The number of halogens is 1. The second-order valence-electron chi connectivity index (χ2n) is 3.98. The summed E-state index contributed by atoms with van der Waals surface area (Å²) in [7, 11) is 1.31. The van der Waals surface area contributed by atoms with Gasteiger partial charge in [-0.25, -0.2) is 4.39 Å². The van der Waals surface area contributed by atoms with Gasteiger partial charge in [-0.05, 0) is 36.4 Å². The van der Waals surface area contributed by atoms with Gasteiger partial charge in [-0.15, -0.1) is 0 Å². The Balaban J connectivity index is 2.42. The Bertz CT molecular complexity index is 667. The first kappa shape index (κ1) is 13.7. The Hall–Kier alpha value is -2.76. The van der Waals surface area contributed by atoms with Crippen molar-refractivity contribution in [1.29, 1.82) is 0 Å². The maximum Gasteiger partial charge on any atom is 0.311 e. The van der Waals surface area contributed by atoms with Gasteiger partial charge in [0, 0.05) is 17.2 Å². The van der Waals surface area contributed by atoms with Crippen LogP contribution in [0.5, 0.6) is 5.75 Å². The largest absolute Gasteiger partial charge is 0.490 e. The number of hydrogen-bond donors (Lipinski definition) is 0. The molecule has 2 rings (SSSR count). The van der Waals surface area contributed by atoms with Crippen LogP contribution in [0.4, 0.5) is 10.1 Å². The van der Waals surface area contributed by atoms with Crippen molar-refractivity contribution in [2.45, 2.75) is 0 Å². The van der Waals surface area contributed by atoms with Crippen LogP contribution >= 0.6 is 0 Å². The lowest BCUT2D eigenvalue weighted by Crippen LogP contribution is -2.03. The van der Waals surface area contributed by atoms with Gasteiger partial charge in [0.15, 0.2) is 11.5 Å². The van der Waals surface area contributed by atoms with Crippen molar-refractivity contribution in [2.24, 2.45) is 0 Å². The summed E-state index contributed by atoms with van der Waals surface area (Å²) in [4.78, 5) is 22.4. The number of nitrogens with zero attached hydrogens (tertiary/aromatic N) is 1. The molecule has 2 aromatic carbocycles. The molecule has 102 valence electrons. The molecule has 0 aliphatic heterocycles. The normalized spacial score (nSPS) is 10.1. The van der Waals surface area contributed by atoms with Gasteiger partial charge in [0.1, 0.15) is 5.82 Å². The Kier molecular flexibility index (Phi) is 3.74. The van der Waals surface area contributed by atoms with E-state index in [-0.39, 0.29) is 22.6 Å². The topological polar surface area (TPSA) is 69.4 Å². The summed E-state index contributed by atoms with van der Waals surface area (Å²) >= 11 is 0. The monoisotopic (exact) mass is 275 g/mol. The Morgan fingerprint density at radius 2 is 1.75 bits per heavy atom. The van der Waals surface area contributed by atoms with E-state index in [0.29, 0.717) is 0 Å². The van der Waals surface area contributed by atoms with Crippen molar-refractivity contribution in [3.63, 3.8) is 0 Å². The van der Waals surface area contributed by atoms with Gasteiger partial charge in [0.05, 0.1) is 12.0 Å². The molecule has 0 unspecified atom stereocenters. The van der Waals surface area contributed by atoms with Crippen molar-refractivity contribution in [3.8, 4) is 5.75 Å². The van der Waals surface area contributed by atoms with Crippen molar-refractivity contribution in [2.75, 3.05) is 7.11 Å². The van der Waals surface area contributed by atoms with Crippen LogP contribution in [-0.4, -0.2) is 17.8 Å². The summed E-state index contributed by atoms with van der Waals surface area (Å²) in [6.45, 7) is 0. The first-order valence-corrected chi connectivity index (χ1v) is 5.65. The summed E-state index contributed by atoms with van der Waals surface area (Å²) < 4.78 is 17.7. The first-order valence-electron chi connectivity index (χ1n) is 5.65. The molecule has 2 aromatic rings. The zero-order valence-corrected chi connectivity index (χ0v) is 10.5. The highest BCUT2D eigenvalue weighted by molar-refractivity contribution is 6.09. The molecule has 0 aromatic heterocycles. The molecule has 0 spiro atoms. The molecule has 0 bridgehead atoms. The molecular weight excluding hydrogens is 265 g/mol. The molecule has 0 aliphatic rings. The average molecular weight is 275 g/mol. The van der Waals surface area contributed by atoms with E-state index in [2.05, 4.69) is 0 Å². The molecule has 20 heavy (non-hydrogen) atoms. The van der Waals surface area contributed by atoms with Gasteiger partial charge in [-0.3, -0.25) is 14.9 Å². The Morgan fingerprint density at radius 1 is 1.15 bits per heavy atom. The van der Waals surface area contributed by atoms with E-state index in [0.717, 1.165) is 18.2 Å². The average Bonchev–Trinajstić information content (AvgIpc) is 2.46. The molecule has 6 heteroatoms. The molecule has 0 atom stereocenters. The number of hydrogen-bond acceptors (Lipinski definition) is 4. The second-order valence-corrected chi connectivity index (χ2v) is 3.98. The smallest absolute Gasteiger partial charge is 0.311 e. The molecule has 0 radical (unpaired) electrons. The molecule has 5 nitrogen and oxygen atoms in total. The Labute approximate surface area is 113 Å². The van der Waals surface area contributed by atoms with E-state index in [1.165, 1.54) is 31.4 Å². The predicted octanol–water partition coefficient (Wildman–Crippen LogP) is 2.97. The van der Waals surface area contributed by atoms with Crippen molar-refractivity contribution in [3.05, 3.63) is 69.5 Å². The minimum Gasteiger partial charge on any atom is -0.490 e. The highest BCUT2D eigenvalue weighted by atomic mass is 19.1. The summed E-state index contributed by atoms with van der Waals surface area (Å²) in [6.07, 6.45) is 0. The molecule has 0 saturated heterocycles. The Morgan fingerprint density at radius 3 is 2.30 bits per heavy atom. The lowest BCUT2D eigenvalue weighted by atomic mass is 10.0. The van der Waals surface area contributed by atoms with Gasteiger partial charge in [0.2, 0.25) is 0 Å². The third-order valence-electron chi connectivity index (χ3n) is 2.74. The van der Waals surface area contributed by atoms with Crippen LogP contribution in [0, 0.1) is 15.9 Å². The molecular formula is C14H10FNO4. The first-order chi connectivity index (χ1) is 9.52. The molecule has 0 N–H and O–H groups in total. The number of nitro benzene ring substituents is 1. The third kappa shape index (κ3) is 2.64. The number of carbonyl (C=O) groups is 1. The molecule has 0 aliphatic carbocycles. The molecule has 0 heterocycles. The van der Waals surface area contributed by atoms with Crippen molar-refractivity contribution in [1.82, 2.24) is 0 Å². The number of nitro groups is 1. The van der Waals surface area contributed by atoms with Crippen LogP contribution in [0.3, 0.4) is 0 Å². The highest BCUT2D eigenvalue weighted by Crippen LogP contribution is 2.28. The van der Waals surface area contributed by atoms with Crippen molar-refractivity contribution >= 4 is 11.5 Å². The molecule has 0 fully saturated rings. The van der Waals surface area contributed by atoms with Crippen LogP contribution in [0.2, 0.25) is 0 Å². The van der Waals surface area contributed by atoms with Gasteiger partial charge in [-0.1, -0.05) is 0 Å². The number of benzene rings is 2. The van der Waals surface area contributed by atoms with Crippen LogP contribution < -0.4 is 4.74 Å². The zero-order chi connectivity index (χ0) is 14.7. The van der Waals surface area contributed by atoms with Gasteiger partial charge in [-0.2, -0.15) is 0 Å². The zero-order valence-electron chi connectivity index (χ0n) is 10.5. The number of ether oxygens (including phenoxy) is 1. The fourth-order valence-electron chi connectivity index (χ4n) is 1.74. The van der Waals surface area contributed by atoms with E-state index in [1.54, 1.807) is 0 Å². The summed E-state index contributed by atoms with van der Waals surface area (Å²) in [5.74, 6) is -0.802. The lowest BCUT2D eigenvalue weighted by Gasteiger charge is -2.04. The summed E-state index contributed by atoms with van der Waals surface area (Å²) in [5, 5.41) is 10.9. The van der Waals surface area contributed by atoms with Gasteiger partial charge >= 0.3 is 5.69 Å². The van der Waals surface area contributed by atoms with Gasteiger partial charge in [0.25, 0.3) is 0 Å².